The Hall–Kier alpha value is -1.65. The SMILES string of the molecule is CC(C)c1cn2ncn(C(C)C)c(=O)c2n1. The Balaban J connectivity index is 2.70. The van der Waals surface area contributed by atoms with Crippen molar-refractivity contribution in [2.45, 2.75) is 39.7 Å². The predicted octanol–water partition coefficient (Wildman–Crippen LogP) is 1.60. The number of imidazole rings is 1. The van der Waals surface area contributed by atoms with Gasteiger partial charge in [0, 0.05) is 6.04 Å². The van der Waals surface area contributed by atoms with E-state index in [9.17, 15) is 4.79 Å². The molecule has 0 bridgehead atoms. The van der Waals surface area contributed by atoms with E-state index in [0.29, 0.717) is 11.6 Å². The van der Waals surface area contributed by atoms with Gasteiger partial charge in [-0.3, -0.25) is 9.36 Å². The van der Waals surface area contributed by atoms with Gasteiger partial charge in [-0.2, -0.15) is 5.10 Å². The summed E-state index contributed by atoms with van der Waals surface area (Å²) in [5, 5.41) is 4.18. The van der Waals surface area contributed by atoms with Gasteiger partial charge in [-0.15, -0.1) is 0 Å². The number of aromatic nitrogens is 4. The van der Waals surface area contributed by atoms with Crippen molar-refractivity contribution in [1.82, 2.24) is 19.2 Å². The Morgan fingerprint density at radius 3 is 2.50 bits per heavy atom. The summed E-state index contributed by atoms with van der Waals surface area (Å²) in [5.41, 5.74) is 1.21. The highest BCUT2D eigenvalue weighted by atomic mass is 16.1. The highest BCUT2D eigenvalue weighted by Gasteiger charge is 2.11. The largest absolute Gasteiger partial charge is 0.297 e. The van der Waals surface area contributed by atoms with E-state index in [-0.39, 0.29) is 11.6 Å². The number of hydrogen-bond acceptors (Lipinski definition) is 3. The molecular weight excluding hydrogens is 204 g/mol. The molecule has 2 rings (SSSR count). The lowest BCUT2D eigenvalue weighted by Gasteiger charge is -2.07. The minimum Gasteiger partial charge on any atom is -0.292 e. The average molecular weight is 220 g/mol. The fourth-order valence-corrected chi connectivity index (χ4v) is 1.55. The van der Waals surface area contributed by atoms with Crippen molar-refractivity contribution in [2.75, 3.05) is 0 Å². The lowest BCUT2D eigenvalue weighted by molar-refractivity contribution is 0.557. The molecule has 0 aliphatic rings. The van der Waals surface area contributed by atoms with Gasteiger partial charge in [0.25, 0.3) is 5.56 Å². The fraction of sp³-hybridized carbons (Fsp3) is 0.545. The maximum Gasteiger partial charge on any atom is 0.297 e. The topological polar surface area (TPSA) is 52.2 Å². The normalized spacial score (nSPS) is 11.9. The van der Waals surface area contributed by atoms with Crippen LogP contribution in [-0.2, 0) is 0 Å². The second-order valence-electron chi connectivity index (χ2n) is 4.53. The molecule has 0 N–H and O–H groups in total. The maximum atomic E-state index is 12.0. The van der Waals surface area contributed by atoms with Crippen LogP contribution in [0.25, 0.3) is 5.65 Å². The van der Waals surface area contributed by atoms with Gasteiger partial charge in [-0.05, 0) is 19.8 Å². The van der Waals surface area contributed by atoms with Crippen molar-refractivity contribution in [3.05, 3.63) is 28.6 Å². The molecule has 0 radical (unpaired) electrons. The fourth-order valence-electron chi connectivity index (χ4n) is 1.55. The third kappa shape index (κ3) is 1.62. The van der Waals surface area contributed by atoms with E-state index in [1.165, 1.54) is 0 Å². The minimum atomic E-state index is -0.0862. The van der Waals surface area contributed by atoms with Crippen molar-refractivity contribution in [1.29, 1.82) is 0 Å². The quantitative estimate of drug-likeness (QED) is 0.772. The molecular formula is C11H16N4O. The first kappa shape index (κ1) is 10.9. The first-order valence-corrected chi connectivity index (χ1v) is 5.47. The van der Waals surface area contributed by atoms with E-state index in [1.54, 1.807) is 15.4 Å². The number of rotatable bonds is 2. The van der Waals surface area contributed by atoms with Crippen LogP contribution in [0.15, 0.2) is 17.3 Å². The third-order valence-corrected chi connectivity index (χ3v) is 2.58. The Morgan fingerprint density at radius 2 is 1.94 bits per heavy atom. The zero-order chi connectivity index (χ0) is 11.9. The van der Waals surface area contributed by atoms with E-state index < -0.39 is 0 Å². The maximum absolute atomic E-state index is 12.0. The molecule has 2 aromatic rings. The standard InChI is InChI=1S/C11H16N4O/c1-7(2)9-5-15-10(13-9)11(16)14(6-12-15)8(3)4/h5-8H,1-4H3. The van der Waals surface area contributed by atoms with E-state index in [2.05, 4.69) is 10.1 Å². The number of hydrogen-bond donors (Lipinski definition) is 0. The molecule has 0 atom stereocenters. The molecule has 0 fully saturated rings. The highest BCUT2D eigenvalue weighted by molar-refractivity contribution is 5.36. The van der Waals surface area contributed by atoms with Gasteiger partial charge in [0.2, 0.25) is 5.65 Å². The Morgan fingerprint density at radius 1 is 1.25 bits per heavy atom. The first-order valence-electron chi connectivity index (χ1n) is 5.47. The summed E-state index contributed by atoms with van der Waals surface area (Å²) in [6, 6.07) is 0.101. The summed E-state index contributed by atoms with van der Waals surface area (Å²) in [6.45, 7) is 7.99. The minimum absolute atomic E-state index is 0.0862. The van der Waals surface area contributed by atoms with Crippen LogP contribution in [0.3, 0.4) is 0 Å². The van der Waals surface area contributed by atoms with Gasteiger partial charge < -0.3 is 0 Å². The molecule has 0 aliphatic carbocycles. The van der Waals surface area contributed by atoms with Gasteiger partial charge in [0.1, 0.15) is 6.33 Å². The van der Waals surface area contributed by atoms with Gasteiger partial charge in [0.05, 0.1) is 11.9 Å². The van der Waals surface area contributed by atoms with Crippen molar-refractivity contribution < 1.29 is 0 Å². The van der Waals surface area contributed by atoms with Crippen LogP contribution in [0.5, 0.6) is 0 Å². The van der Waals surface area contributed by atoms with E-state index in [1.807, 2.05) is 33.9 Å². The third-order valence-electron chi connectivity index (χ3n) is 2.58. The van der Waals surface area contributed by atoms with Crippen molar-refractivity contribution in [3.63, 3.8) is 0 Å². The molecule has 0 spiro atoms. The van der Waals surface area contributed by atoms with Crippen LogP contribution in [0.1, 0.15) is 45.3 Å². The Labute approximate surface area is 93.7 Å². The average Bonchev–Trinajstić information content (AvgIpc) is 2.62. The molecule has 0 unspecified atom stereocenters. The molecule has 0 aliphatic heterocycles. The molecule has 0 amide bonds. The second-order valence-corrected chi connectivity index (χ2v) is 4.53. The van der Waals surface area contributed by atoms with Crippen LogP contribution in [0.4, 0.5) is 0 Å². The summed E-state index contributed by atoms with van der Waals surface area (Å²) < 4.78 is 3.14. The highest BCUT2D eigenvalue weighted by Crippen LogP contribution is 2.11. The zero-order valence-electron chi connectivity index (χ0n) is 10.0. The van der Waals surface area contributed by atoms with Crippen molar-refractivity contribution in [2.24, 2.45) is 0 Å². The smallest absolute Gasteiger partial charge is 0.292 e. The number of nitrogens with zero attached hydrogens (tertiary/aromatic N) is 4. The monoisotopic (exact) mass is 220 g/mol. The van der Waals surface area contributed by atoms with Crippen LogP contribution in [-0.4, -0.2) is 19.2 Å². The van der Waals surface area contributed by atoms with Crippen LogP contribution >= 0.6 is 0 Å². The van der Waals surface area contributed by atoms with Gasteiger partial charge >= 0.3 is 0 Å². The molecule has 0 aromatic carbocycles. The Bertz CT molecular complexity index is 565. The summed E-state index contributed by atoms with van der Waals surface area (Å²) >= 11 is 0. The molecule has 2 aromatic heterocycles. The Kier molecular flexibility index (Phi) is 2.53. The van der Waals surface area contributed by atoms with Crippen LogP contribution < -0.4 is 5.56 Å². The van der Waals surface area contributed by atoms with Crippen molar-refractivity contribution >= 4 is 5.65 Å². The molecule has 2 heterocycles. The van der Waals surface area contributed by atoms with E-state index in [4.69, 9.17) is 0 Å². The summed E-state index contributed by atoms with van der Waals surface area (Å²) in [4.78, 5) is 16.4. The second kappa shape index (κ2) is 3.73. The van der Waals surface area contributed by atoms with Gasteiger partial charge in [0.15, 0.2) is 0 Å². The van der Waals surface area contributed by atoms with Crippen LogP contribution in [0, 0.1) is 0 Å². The molecule has 5 heteroatoms. The molecule has 0 saturated heterocycles. The van der Waals surface area contributed by atoms with E-state index >= 15 is 0 Å². The zero-order valence-corrected chi connectivity index (χ0v) is 10.0. The lowest BCUT2D eigenvalue weighted by Crippen LogP contribution is -2.24. The van der Waals surface area contributed by atoms with Crippen LogP contribution in [0.2, 0.25) is 0 Å². The number of fused-ring (bicyclic) bond motifs is 1. The van der Waals surface area contributed by atoms with Crippen molar-refractivity contribution in [3.8, 4) is 0 Å². The van der Waals surface area contributed by atoms with Gasteiger partial charge in [-0.1, -0.05) is 13.8 Å². The van der Waals surface area contributed by atoms with Gasteiger partial charge in [-0.25, -0.2) is 9.50 Å². The lowest BCUT2D eigenvalue weighted by atomic mass is 10.2. The molecule has 5 nitrogen and oxygen atoms in total. The summed E-state index contributed by atoms with van der Waals surface area (Å²) in [6.07, 6.45) is 3.37. The predicted molar refractivity (Wildman–Crippen MR) is 61.7 cm³/mol. The molecule has 16 heavy (non-hydrogen) atoms. The first-order chi connectivity index (χ1) is 7.50. The summed E-state index contributed by atoms with van der Waals surface area (Å²) in [5.74, 6) is 0.300. The van der Waals surface area contributed by atoms with E-state index in [0.717, 1.165) is 5.69 Å². The summed E-state index contributed by atoms with van der Waals surface area (Å²) in [7, 11) is 0. The molecule has 0 saturated carbocycles. The molecule has 86 valence electrons.